The fraction of sp³-hybridized carbons (Fsp3) is 0.400. The molecule has 0 aliphatic heterocycles. The molecule has 4 heteroatoms. The standard InChI is InChI=1S/C25H30N2O2/c1-17-11-13-19(14-12-17)16-27-23-10-6-4-8-20(23)21(24(27)25(28)29)15-26-22-9-5-3-7-18(22)2/h4,6,8,10-14,18,22,26H,3,5,7,9,15-16H2,1-2H3,(H,28,29)/t18-,22+/m1/s1. The van der Waals surface area contributed by atoms with E-state index in [1.165, 1.54) is 31.2 Å². The van der Waals surface area contributed by atoms with Crippen LogP contribution >= 0.6 is 0 Å². The summed E-state index contributed by atoms with van der Waals surface area (Å²) in [6.07, 6.45) is 4.97. The van der Waals surface area contributed by atoms with Crippen molar-refractivity contribution in [2.45, 2.75) is 58.7 Å². The number of rotatable bonds is 6. The molecule has 0 amide bonds. The number of hydrogen-bond donors (Lipinski definition) is 2. The molecular formula is C25H30N2O2. The third kappa shape index (κ3) is 4.08. The molecule has 29 heavy (non-hydrogen) atoms. The second kappa shape index (κ2) is 8.42. The zero-order chi connectivity index (χ0) is 20.4. The van der Waals surface area contributed by atoms with E-state index in [9.17, 15) is 9.90 Å². The summed E-state index contributed by atoms with van der Waals surface area (Å²) < 4.78 is 1.96. The second-order valence-corrected chi connectivity index (χ2v) is 8.47. The molecule has 1 heterocycles. The van der Waals surface area contributed by atoms with Crippen molar-refractivity contribution in [1.29, 1.82) is 0 Å². The van der Waals surface area contributed by atoms with Crippen LogP contribution in [-0.4, -0.2) is 21.7 Å². The number of carboxylic acids is 1. The number of para-hydroxylation sites is 1. The molecule has 2 atom stereocenters. The molecule has 1 fully saturated rings. The molecular weight excluding hydrogens is 360 g/mol. The third-order valence-corrected chi connectivity index (χ3v) is 6.39. The molecule has 1 saturated carbocycles. The molecule has 0 spiro atoms. The fourth-order valence-corrected chi connectivity index (χ4v) is 4.69. The molecule has 0 radical (unpaired) electrons. The predicted octanol–water partition coefficient (Wildman–Crippen LogP) is 5.36. The first-order valence-electron chi connectivity index (χ1n) is 10.7. The van der Waals surface area contributed by atoms with Crippen LogP contribution in [0.2, 0.25) is 0 Å². The van der Waals surface area contributed by atoms with Crippen LogP contribution in [0.15, 0.2) is 48.5 Å². The van der Waals surface area contributed by atoms with Gasteiger partial charge in [0.05, 0.1) is 0 Å². The highest BCUT2D eigenvalue weighted by Crippen LogP contribution is 2.29. The lowest BCUT2D eigenvalue weighted by Gasteiger charge is -2.29. The summed E-state index contributed by atoms with van der Waals surface area (Å²) in [5.41, 5.74) is 4.61. The number of aromatic carboxylic acids is 1. The van der Waals surface area contributed by atoms with Gasteiger partial charge in [0.2, 0.25) is 0 Å². The number of nitrogens with zero attached hydrogens (tertiary/aromatic N) is 1. The molecule has 4 nitrogen and oxygen atoms in total. The largest absolute Gasteiger partial charge is 0.477 e. The quantitative estimate of drug-likeness (QED) is 0.595. The van der Waals surface area contributed by atoms with Gasteiger partial charge in [0.25, 0.3) is 0 Å². The summed E-state index contributed by atoms with van der Waals surface area (Å²) >= 11 is 0. The van der Waals surface area contributed by atoms with E-state index in [-0.39, 0.29) is 0 Å². The number of benzene rings is 2. The molecule has 3 aromatic rings. The molecule has 2 N–H and O–H groups in total. The Bertz CT molecular complexity index is 1000. The number of fused-ring (bicyclic) bond motifs is 1. The first-order chi connectivity index (χ1) is 14.0. The van der Waals surface area contributed by atoms with E-state index in [2.05, 4.69) is 49.5 Å². The van der Waals surface area contributed by atoms with Crippen LogP contribution in [0.3, 0.4) is 0 Å². The Morgan fingerprint density at radius 2 is 1.83 bits per heavy atom. The number of hydrogen-bond acceptors (Lipinski definition) is 2. The summed E-state index contributed by atoms with van der Waals surface area (Å²) in [5.74, 6) is -0.222. The number of carboxylic acid groups (broad SMARTS) is 1. The maximum atomic E-state index is 12.3. The van der Waals surface area contributed by atoms with E-state index in [1.807, 2.05) is 22.8 Å². The van der Waals surface area contributed by atoms with Crippen molar-refractivity contribution < 1.29 is 9.90 Å². The van der Waals surface area contributed by atoms with Gasteiger partial charge in [0.15, 0.2) is 0 Å². The average Bonchev–Trinajstić information content (AvgIpc) is 3.03. The van der Waals surface area contributed by atoms with Crippen LogP contribution < -0.4 is 5.32 Å². The smallest absolute Gasteiger partial charge is 0.352 e. The average molecular weight is 391 g/mol. The Labute approximate surface area is 172 Å². The van der Waals surface area contributed by atoms with Crippen molar-refractivity contribution in [3.8, 4) is 0 Å². The fourth-order valence-electron chi connectivity index (χ4n) is 4.69. The maximum absolute atomic E-state index is 12.3. The van der Waals surface area contributed by atoms with E-state index in [1.54, 1.807) is 0 Å². The van der Waals surface area contributed by atoms with Crippen molar-refractivity contribution in [2.75, 3.05) is 0 Å². The van der Waals surface area contributed by atoms with Crippen LogP contribution in [0, 0.1) is 12.8 Å². The van der Waals surface area contributed by atoms with E-state index in [0.29, 0.717) is 30.7 Å². The highest BCUT2D eigenvalue weighted by molar-refractivity contribution is 5.98. The lowest BCUT2D eigenvalue weighted by atomic mass is 9.86. The van der Waals surface area contributed by atoms with Gasteiger partial charge < -0.3 is 15.0 Å². The van der Waals surface area contributed by atoms with Gasteiger partial charge in [-0.15, -0.1) is 0 Å². The SMILES string of the molecule is Cc1ccc(Cn2c(C(=O)O)c(CN[C@H]3CCCC[C@H]3C)c3ccccc32)cc1. The van der Waals surface area contributed by atoms with Crippen LogP contribution in [-0.2, 0) is 13.1 Å². The first-order valence-corrected chi connectivity index (χ1v) is 10.7. The minimum absolute atomic E-state index is 0.405. The number of carbonyl (C=O) groups is 1. The number of aromatic nitrogens is 1. The van der Waals surface area contributed by atoms with E-state index >= 15 is 0 Å². The van der Waals surface area contributed by atoms with Crippen molar-refractivity contribution in [1.82, 2.24) is 9.88 Å². The molecule has 1 aliphatic rings. The summed E-state index contributed by atoms with van der Waals surface area (Å²) in [6.45, 7) is 5.52. The summed E-state index contributed by atoms with van der Waals surface area (Å²) in [4.78, 5) is 12.3. The zero-order valence-corrected chi connectivity index (χ0v) is 17.3. The van der Waals surface area contributed by atoms with Crippen molar-refractivity contribution >= 4 is 16.9 Å². The summed E-state index contributed by atoms with van der Waals surface area (Å²) in [5, 5.41) is 14.8. The molecule has 0 unspecified atom stereocenters. The molecule has 152 valence electrons. The van der Waals surface area contributed by atoms with E-state index in [0.717, 1.165) is 22.0 Å². The lowest BCUT2D eigenvalue weighted by Crippen LogP contribution is -2.37. The maximum Gasteiger partial charge on any atom is 0.352 e. The molecule has 0 saturated heterocycles. The highest BCUT2D eigenvalue weighted by atomic mass is 16.4. The van der Waals surface area contributed by atoms with Crippen molar-refractivity contribution in [2.24, 2.45) is 5.92 Å². The second-order valence-electron chi connectivity index (χ2n) is 8.47. The van der Waals surface area contributed by atoms with Gasteiger partial charge in [-0.05, 0) is 37.3 Å². The van der Waals surface area contributed by atoms with Gasteiger partial charge in [0.1, 0.15) is 5.69 Å². The number of aryl methyl sites for hydroxylation is 1. The monoisotopic (exact) mass is 390 g/mol. The van der Waals surface area contributed by atoms with Crippen LogP contribution in [0.4, 0.5) is 0 Å². The van der Waals surface area contributed by atoms with Crippen LogP contribution in [0.25, 0.3) is 10.9 Å². The molecule has 2 aromatic carbocycles. The van der Waals surface area contributed by atoms with Gasteiger partial charge in [-0.2, -0.15) is 0 Å². The van der Waals surface area contributed by atoms with E-state index < -0.39 is 5.97 Å². The topological polar surface area (TPSA) is 54.3 Å². The van der Waals surface area contributed by atoms with Gasteiger partial charge >= 0.3 is 5.97 Å². The molecule has 4 rings (SSSR count). The predicted molar refractivity (Wildman–Crippen MR) is 117 cm³/mol. The van der Waals surface area contributed by atoms with Gasteiger partial charge in [0, 0.05) is 35.6 Å². The lowest BCUT2D eigenvalue weighted by molar-refractivity contribution is 0.0684. The minimum Gasteiger partial charge on any atom is -0.477 e. The minimum atomic E-state index is -0.859. The van der Waals surface area contributed by atoms with Crippen molar-refractivity contribution in [3.63, 3.8) is 0 Å². The molecule has 0 bridgehead atoms. The van der Waals surface area contributed by atoms with Crippen molar-refractivity contribution in [3.05, 3.63) is 70.9 Å². The summed E-state index contributed by atoms with van der Waals surface area (Å²) in [6, 6.07) is 16.8. The molecule has 1 aliphatic carbocycles. The first kappa shape index (κ1) is 19.7. The Kier molecular flexibility index (Phi) is 5.72. The Hall–Kier alpha value is -2.59. The Morgan fingerprint density at radius 1 is 1.10 bits per heavy atom. The summed E-state index contributed by atoms with van der Waals surface area (Å²) in [7, 11) is 0. The highest BCUT2D eigenvalue weighted by Gasteiger charge is 2.25. The Morgan fingerprint density at radius 3 is 2.55 bits per heavy atom. The Balaban J connectivity index is 1.72. The third-order valence-electron chi connectivity index (χ3n) is 6.39. The van der Waals surface area contributed by atoms with E-state index in [4.69, 9.17) is 0 Å². The van der Waals surface area contributed by atoms with Gasteiger partial charge in [-0.1, -0.05) is 67.8 Å². The zero-order valence-electron chi connectivity index (χ0n) is 17.3. The number of nitrogens with one attached hydrogen (secondary N) is 1. The van der Waals surface area contributed by atoms with Gasteiger partial charge in [-0.25, -0.2) is 4.79 Å². The van der Waals surface area contributed by atoms with Crippen LogP contribution in [0.1, 0.15) is 59.8 Å². The molecule has 1 aromatic heterocycles. The van der Waals surface area contributed by atoms with Crippen LogP contribution in [0.5, 0.6) is 0 Å². The van der Waals surface area contributed by atoms with Gasteiger partial charge in [-0.3, -0.25) is 0 Å². The normalized spacial score (nSPS) is 19.5.